The molecule has 1 aromatic heterocycles. The summed E-state index contributed by atoms with van der Waals surface area (Å²) in [6.45, 7) is 0. The van der Waals surface area contributed by atoms with E-state index < -0.39 is 11.9 Å². The van der Waals surface area contributed by atoms with Gasteiger partial charge in [-0.2, -0.15) is 0 Å². The Labute approximate surface area is 80.4 Å². The third kappa shape index (κ3) is 1.34. The standard InChI is InChI=1S/C9H12N2O3/c12-8(13)6-2-1-3-7(6)11-5-4-10-9(11)14/h4-7H,1-3H2,(H,10,14)(H,12,13). The topological polar surface area (TPSA) is 75.1 Å². The van der Waals surface area contributed by atoms with Gasteiger partial charge in [0.15, 0.2) is 0 Å². The highest BCUT2D eigenvalue weighted by molar-refractivity contribution is 5.71. The monoisotopic (exact) mass is 196 g/mol. The number of hydrogen-bond donors (Lipinski definition) is 2. The average molecular weight is 196 g/mol. The fourth-order valence-electron chi connectivity index (χ4n) is 2.15. The first-order valence-electron chi connectivity index (χ1n) is 4.68. The molecule has 0 radical (unpaired) electrons. The molecule has 0 aliphatic heterocycles. The van der Waals surface area contributed by atoms with Gasteiger partial charge in [0.05, 0.1) is 12.0 Å². The van der Waals surface area contributed by atoms with Crippen molar-refractivity contribution in [2.75, 3.05) is 0 Å². The lowest BCUT2D eigenvalue weighted by Gasteiger charge is -2.15. The molecule has 2 rings (SSSR count). The molecule has 1 aliphatic rings. The van der Waals surface area contributed by atoms with Crippen molar-refractivity contribution in [3.8, 4) is 0 Å². The predicted octanol–water partition coefficient (Wildman–Crippen LogP) is 0.602. The molecular weight excluding hydrogens is 184 g/mol. The highest BCUT2D eigenvalue weighted by atomic mass is 16.4. The first kappa shape index (κ1) is 9.05. The maximum atomic E-state index is 11.3. The summed E-state index contributed by atoms with van der Waals surface area (Å²) in [7, 11) is 0. The van der Waals surface area contributed by atoms with E-state index >= 15 is 0 Å². The second-order valence-electron chi connectivity index (χ2n) is 3.62. The average Bonchev–Trinajstić information content (AvgIpc) is 2.70. The van der Waals surface area contributed by atoms with Crippen LogP contribution in [0.4, 0.5) is 0 Å². The van der Waals surface area contributed by atoms with E-state index in [1.165, 1.54) is 4.57 Å². The van der Waals surface area contributed by atoms with Crippen LogP contribution >= 0.6 is 0 Å². The minimum absolute atomic E-state index is 0.175. The number of carboxylic acids is 1. The largest absolute Gasteiger partial charge is 0.481 e. The zero-order chi connectivity index (χ0) is 10.1. The van der Waals surface area contributed by atoms with Crippen LogP contribution in [-0.4, -0.2) is 20.6 Å². The number of hydrogen-bond acceptors (Lipinski definition) is 2. The first-order chi connectivity index (χ1) is 6.70. The Morgan fingerprint density at radius 3 is 2.93 bits per heavy atom. The van der Waals surface area contributed by atoms with Crippen molar-refractivity contribution in [3.05, 3.63) is 22.9 Å². The van der Waals surface area contributed by atoms with Gasteiger partial charge in [0.2, 0.25) is 0 Å². The van der Waals surface area contributed by atoms with E-state index in [1.54, 1.807) is 12.4 Å². The van der Waals surface area contributed by atoms with E-state index in [0.717, 1.165) is 12.8 Å². The summed E-state index contributed by atoms with van der Waals surface area (Å²) in [5.74, 6) is -1.22. The zero-order valence-electron chi connectivity index (χ0n) is 7.64. The molecule has 0 saturated heterocycles. The molecule has 0 spiro atoms. The normalized spacial score (nSPS) is 26.6. The van der Waals surface area contributed by atoms with Crippen LogP contribution in [0, 0.1) is 5.92 Å². The van der Waals surface area contributed by atoms with Crippen molar-refractivity contribution in [1.82, 2.24) is 9.55 Å². The highest BCUT2D eigenvalue weighted by Gasteiger charge is 2.34. The molecule has 2 N–H and O–H groups in total. The molecule has 0 aromatic carbocycles. The van der Waals surface area contributed by atoms with Crippen LogP contribution < -0.4 is 5.69 Å². The Balaban J connectivity index is 2.30. The molecule has 1 fully saturated rings. The number of nitrogens with one attached hydrogen (secondary N) is 1. The fraction of sp³-hybridized carbons (Fsp3) is 0.556. The van der Waals surface area contributed by atoms with Crippen LogP contribution in [0.2, 0.25) is 0 Å². The smallest absolute Gasteiger partial charge is 0.325 e. The number of aromatic amines is 1. The number of rotatable bonds is 2. The molecule has 0 bridgehead atoms. The van der Waals surface area contributed by atoms with Crippen molar-refractivity contribution in [3.63, 3.8) is 0 Å². The van der Waals surface area contributed by atoms with Crippen LogP contribution in [0.1, 0.15) is 25.3 Å². The van der Waals surface area contributed by atoms with Gasteiger partial charge in [-0.15, -0.1) is 0 Å². The molecule has 5 nitrogen and oxygen atoms in total. The lowest BCUT2D eigenvalue weighted by atomic mass is 10.0. The molecule has 2 unspecified atom stereocenters. The van der Waals surface area contributed by atoms with Crippen LogP contribution in [0.15, 0.2) is 17.2 Å². The Morgan fingerprint density at radius 1 is 1.57 bits per heavy atom. The lowest BCUT2D eigenvalue weighted by Crippen LogP contribution is -2.28. The Bertz CT molecular complexity index is 393. The third-order valence-corrected chi connectivity index (χ3v) is 2.83. The minimum Gasteiger partial charge on any atom is -0.481 e. The summed E-state index contributed by atoms with van der Waals surface area (Å²) < 4.78 is 1.49. The number of aliphatic carboxylic acids is 1. The molecule has 1 heterocycles. The van der Waals surface area contributed by atoms with Crippen LogP contribution in [-0.2, 0) is 4.79 Å². The van der Waals surface area contributed by atoms with Gasteiger partial charge < -0.3 is 10.1 Å². The summed E-state index contributed by atoms with van der Waals surface area (Å²) in [6, 6.07) is -0.175. The van der Waals surface area contributed by atoms with E-state index in [1.807, 2.05) is 0 Å². The SMILES string of the molecule is O=C(O)C1CCCC1n1cc[nH]c1=O. The Hall–Kier alpha value is -1.52. The third-order valence-electron chi connectivity index (χ3n) is 2.83. The summed E-state index contributed by atoms with van der Waals surface area (Å²) >= 11 is 0. The van der Waals surface area contributed by atoms with Crippen molar-refractivity contribution < 1.29 is 9.90 Å². The van der Waals surface area contributed by atoms with Crippen molar-refractivity contribution >= 4 is 5.97 Å². The molecule has 1 saturated carbocycles. The quantitative estimate of drug-likeness (QED) is 0.727. The fourth-order valence-corrected chi connectivity index (χ4v) is 2.15. The molecule has 76 valence electrons. The number of aromatic nitrogens is 2. The van der Waals surface area contributed by atoms with Crippen LogP contribution in [0.5, 0.6) is 0 Å². The minimum atomic E-state index is -0.805. The van der Waals surface area contributed by atoms with E-state index in [4.69, 9.17) is 5.11 Å². The van der Waals surface area contributed by atoms with E-state index in [0.29, 0.717) is 6.42 Å². The summed E-state index contributed by atoms with van der Waals surface area (Å²) in [4.78, 5) is 24.7. The maximum absolute atomic E-state index is 11.3. The van der Waals surface area contributed by atoms with Gasteiger partial charge in [-0.25, -0.2) is 4.79 Å². The number of H-pyrrole nitrogens is 1. The second-order valence-corrected chi connectivity index (χ2v) is 3.62. The van der Waals surface area contributed by atoms with Crippen molar-refractivity contribution in [2.45, 2.75) is 25.3 Å². The van der Waals surface area contributed by atoms with Crippen molar-refractivity contribution in [1.29, 1.82) is 0 Å². The van der Waals surface area contributed by atoms with Gasteiger partial charge in [0.25, 0.3) is 0 Å². The van der Waals surface area contributed by atoms with Gasteiger partial charge >= 0.3 is 11.7 Å². The van der Waals surface area contributed by atoms with Gasteiger partial charge in [-0.1, -0.05) is 6.42 Å². The maximum Gasteiger partial charge on any atom is 0.325 e. The Kier molecular flexibility index (Phi) is 2.15. The van der Waals surface area contributed by atoms with E-state index in [9.17, 15) is 9.59 Å². The van der Waals surface area contributed by atoms with Crippen molar-refractivity contribution in [2.24, 2.45) is 5.92 Å². The second kappa shape index (κ2) is 3.32. The first-order valence-corrected chi connectivity index (χ1v) is 4.68. The number of carboxylic acid groups (broad SMARTS) is 1. The summed E-state index contributed by atoms with van der Waals surface area (Å²) in [5.41, 5.74) is -0.219. The molecule has 0 amide bonds. The molecule has 1 aliphatic carbocycles. The number of imidazole rings is 1. The van der Waals surface area contributed by atoms with Gasteiger partial charge in [-0.05, 0) is 12.8 Å². The zero-order valence-corrected chi connectivity index (χ0v) is 7.64. The Morgan fingerprint density at radius 2 is 2.36 bits per heavy atom. The summed E-state index contributed by atoms with van der Waals surface area (Å²) in [5, 5.41) is 8.95. The molecule has 1 aromatic rings. The molecule has 14 heavy (non-hydrogen) atoms. The molecule has 5 heteroatoms. The predicted molar refractivity (Wildman–Crippen MR) is 49.1 cm³/mol. The van der Waals surface area contributed by atoms with Gasteiger partial charge in [0, 0.05) is 12.4 Å². The van der Waals surface area contributed by atoms with E-state index in [-0.39, 0.29) is 11.7 Å². The highest BCUT2D eigenvalue weighted by Crippen LogP contribution is 2.34. The summed E-state index contributed by atoms with van der Waals surface area (Å²) in [6.07, 6.45) is 5.47. The van der Waals surface area contributed by atoms with Gasteiger partial charge in [0.1, 0.15) is 0 Å². The number of carbonyl (C=O) groups is 1. The van der Waals surface area contributed by atoms with Crippen LogP contribution in [0.3, 0.4) is 0 Å². The lowest BCUT2D eigenvalue weighted by molar-refractivity contribution is -0.142. The molecule has 2 atom stereocenters. The molecular formula is C9H12N2O3. The van der Waals surface area contributed by atoms with E-state index in [2.05, 4.69) is 4.98 Å². The van der Waals surface area contributed by atoms with Gasteiger partial charge in [-0.3, -0.25) is 9.36 Å². The van der Waals surface area contributed by atoms with Crippen LogP contribution in [0.25, 0.3) is 0 Å². The number of nitrogens with zero attached hydrogens (tertiary/aromatic N) is 1.